The zero-order valence-electron chi connectivity index (χ0n) is 16.2. The quantitative estimate of drug-likeness (QED) is 0.531. The van der Waals surface area contributed by atoms with E-state index in [-0.39, 0.29) is 1.43 Å². The monoisotopic (exact) mass is 410 g/mol. The molecule has 7 nitrogen and oxygen atoms in total. The Bertz CT molecular complexity index is 1290. The number of sulfone groups is 1. The fraction of sp³-hybridized carbons (Fsp3) is 0.190. The molecule has 0 fully saturated rings. The van der Waals surface area contributed by atoms with Crippen molar-refractivity contribution in [1.29, 1.82) is 0 Å². The Morgan fingerprint density at radius 3 is 2.52 bits per heavy atom. The van der Waals surface area contributed by atoms with Crippen LogP contribution >= 0.6 is 0 Å². The van der Waals surface area contributed by atoms with Crippen molar-refractivity contribution in [3.05, 3.63) is 55.0 Å². The molecule has 0 unspecified atom stereocenters. The summed E-state index contributed by atoms with van der Waals surface area (Å²) in [7, 11) is -1.74. The van der Waals surface area contributed by atoms with Crippen LogP contribution in [0.2, 0.25) is 0 Å². The first-order valence-corrected chi connectivity index (χ1v) is 10.6. The van der Waals surface area contributed by atoms with Crippen molar-refractivity contribution in [1.82, 2.24) is 19.9 Å². The third-order valence-corrected chi connectivity index (χ3v) is 6.91. The van der Waals surface area contributed by atoms with E-state index in [9.17, 15) is 8.42 Å². The highest BCUT2D eigenvalue weighted by molar-refractivity contribution is 7.92. The average Bonchev–Trinajstić information content (AvgIpc) is 3.17. The number of fused-ring (bicyclic) bond motifs is 1. The Balaban J connectivity index is 0.00000256. The molecule has 0 saturated heterocycles. The smallest absolute Gasteiger partial charge is 0.213 e. The van der Waals surface area contributed by atoms with Gasteiger partial charge >= 0.3 is 0 Å². The number of hydrogen-bond acceptors (Lipinski definition) is 6. The first kappa shape index (κ1) is 19.1. The molecule has 8 heteroatoms. The summed E-state index contributed by atoms with van der Waals surface area (Å²) in [5, 5.41) is -0.468. The molecule has 29 heavy (non-hydrogen) atoms. The van der Waals surface area contributed by atoms with Gasteiger partial charge in [0.25, 0.3) is 0 Å². The van der Waals surface area contributed by atoms with E-state index in [2.05, 4.69) is 15.0 Å². The second kappa shape index (κ2) is 7.29. The zero-order valence-corrected chi connectivity index (χ0v) is 17.1. The number of rotatable bonds is 5. The summed E-state index contributed by atoms with van der Waals surface area (Å²) >= 11 is 0. The number of benzene rings is 1. The highest BCUT2D eigenvalue weighted by Gasteiger charge is 2.19. The Kier molecular flexibility index (Phi) is 4.79. The molecule has 0 bridgehead atoms. The molecule has 0 atom stereocenters. The van der Waals surface area contributed by atoms with Crippen LogP contribution in [0, 0.1) is 0 Å². The van der Waals surface area contributed by atoms with Crippen molar-refractivity contribution in [2.75, 3.05) is 7.11 Å². The van der Waals surface area contributed by atoms with Crippen LogP contribution in [0.3, 0.4) is 0 Å². The lowest BCUT2D eigenvalue weighted by Gasteiger charge is -2.08. The van der Waals surface area contributed by atoms with Gasteiger partial charge in [0, 0.05) is 31.0 Å². The second-order valence-electron chi connectivity index (χ2n) is 6.86. The van der Waals surface area contributed by atoms with Crippen LogP contribution in [0.1, 0.15) is 15.3 Å². The highest BCUT2D eigenvalue weighted by atomic mass is 32.2. The van der Waals surface area contributed by atoms with Crippen LogP contribution in [0.5, 0.6) is 5.88 Å². The van der Waals surface area contributed by atoms with Gasteiger partial charge in [0.2, 0.25) is 5.88 Å². The predicted molar refractivity (Wildman–Crippen MR) is 114 cm³/mol. The van der Waals surface area contributed by atoms with Gasteiger partial charge in [-0.15, -0.1) is 0 Å². The molecule has 4 rings (SSSR count). The molecule has 1 N–H and O–H groups in total. The van der Waals surface area contributed by atoms with Crippen LogP contribution in [0.25, 0.3) is 33.5 Å². The van der Waals surface area contributed by atoms with Crippen molar-refractivity contribution in [2.45, 2.75) is 24.0 Å². The fourth-order valence-corrected chi connectivity index (χ4v) is 4.09. The minimum atomic E-state index is -3.31. The van der Waals surface area contributed by atoms with Gasteiger partial charge in [-0.2, -0.15) is 0 Å². The van der Waals surface area contributed by atoms with E-state index in [0.29, 0.717) is 22.1 Å². The van der Waals surface area contributed by atoms with Crippen LogP contribution in [0.4, 0.5) is 0 Å². The summed E-state index contributed by atoms with van der Waals surface area (Å²) in [6.07, 6.45) is 5.20. The van der Waals surface area contributed by atoms with Gasteiger partial charge in [-0.3, -0.25) is 0 Å². The minimum absolute atomic E-state index is 0. The van der Waals surface area contributed by atoms with Gasteiger partial charge in [-0.25, -0.2) is 23.4 Å². The molecule has 0 aliphatic carbocycles. The lowest BCUT2D eigenvalue weighted by molar-refractivity contribution is 0.398. The van der Waals surface area contributed by atoms with Crippen LogP contribution < -0.4 is 4.74 Å². The molecule has 150 valence electrons. The molecule has 0 aliphatic heterocycles. The first-order valence-electron chi connectivity index (χ1n) is 9.09. The summed E-state index contributed by atoms with van der Waals surface area (Å²) in [6.45, 7) is 3.34. The van der Waals surface area contributed by atoms with Crippen molar-refractivity contribution in [2.24, 2.45) is 0 Å². The summed E-state index contributed by atoms with van der Waals surface area (Å²) in [5.41, 5.74) is 4.63. The number of nitrogens with one attached hydrogen (secondary N) is 1. The van der Waals surface area contributed by atoms with E-state index in [4.69, 9.17) is 9.72 Å². The van der Waals surface area contributed by atoms with Crippen LogP contribution in [-0.2, 0) is 9.84 Å². The van der Waals surface area contributed by atoms with Gasteiger partial charge in [0.05, 0.1) is 29.1 Å². The van der Waals surface area contributed by atoms with Crippen molar-refractivity contribution in [3.63, 3.8) is 0 Å². The summed E-state index contributed by atoms with van der Waals surface area (Å²) in [5.74, 6) is 0.517. The topological polar surface area (TPSA) is 97.8 Å². The average molecular weight is 410 g/mol. The van der Waals surface area contributed by atoms with Gasteiger partial charge in [0.15, 0.2) is 15.5 Å². The molecule has 0 aliphatic rings. The van der Waals surface area contributed by atoms with Crippen molar-refractivity contribution >= 4 is 21.0 Å². The number of H-pyrrole nitrogens is 1. The number of aromatic nitrogens is 4. The summed E-state index contributed by atoms with van der Waals surface area (Å²) in [6, 6.07) is 10.5. The maximum absolute atomic E-state index is 12.3. The van der Waals surface area contributed by atoms with E-state index in [1.165, 1.54) is 0 Å². The molecule has 0 spiro atoms. The number of aromatic amines is 1. The number of pyridine rings is 1. The molecule has 0 radical (unpaired) electrons. The predicted octanol–water partition coefficient (Wildman–Crippen LogP) is 4.12. The Labute approximate surface area is 170 Å². The Morgan fingerprint density at radius 2 is 1.83 bits per heavy atom. The minimum Gasteiger partial charge on any atom is -0.481 e. The van der Waals surface area contributed by atoms with Crippen LogP contribution in [-0.4, -0.2) is 40.7 Å². The molecule has 4 aromatic rings. The summed E-state index contributed by atoms with van der Waals surface area (Å²) < 4.78 is 29.9. The first-order chi connectivity index (χ1) is 13.9. The molecule has 0 saturated carbocycles. The molecule has 0 amide bonds. The Hall–Kier alpha value is -3.26. The molecule has 1 aromatic carbocycles. The van der Waals surface area contributed by atoms with E-state index in [0.717, 1.165) is 22.2 Å². The molecular formula is C21H22N4O3S. The van der Waals surface area contributed by atoms with Crippen molar-refractivity contribution < 1.29 is 14.6 Å². The van der Waals surface area contributed by atoms with Crippen molar-refractivity contribution in [3.8, 4) is 28.3 Å². The van der Waals surface area contributed by atoms with E-state index in [1.807, 2.05) is 18.3 Å². The second-order valence-corrected chi connectivity index (χ2v) is 9.36. The van der Waals surface area contributed by atoms with Gasteiger partial charge in [0.1, 0.15) is 5.52 Å². The summed E-state index contributed by atoms with van der Waals surface area (Å²) in [4.78, 5) is 16.8. The van der Waals surface area contributed by atoms with E-state index >= 15 is 0 Å². The highest BCUT2D eigenvalue weighted by Crippen LogP contribution is 2.30. The number of methoxy groups -OCH3 is 1. The lowest BCUT2D eigenvalue weighted by Crippen LogP contribution is -2.13. The SMILES string of the molecule is COc1cc(-c2c[nH]c3ncc(-c4ccc(S(=O)(=O)C(C)C)cc4)nc23)ccn1.[HH]. The number of nitrogens with zero attached hydrogens (tertiary/aromatic N) is 3. The van der Waals surface area contributed by atoms with E-state index in [1.54, 1.807) is 57.6 Å². The number of hydrogen-bond donors (Lipinski definition) is 1. The lowest BCUT2D eigenvalue weighted by atomic mass is 10.1. The maximum Gasteiger partial charge on any atom is 0.213 e. The molecule has 3 aromatic heterocycles. The third-order valence-electron chi connectivity index (χ3n) is 4.74. The van der Waals surface area contributed by atoms with Gasteiger partial charge in [-0.1, -0.05) is 12.1 Å². The number of ether oxygens (including phenoxy) is 1. The fourth-order valence-electron chi connectivity index (χ4n) is 3.03. The third kappa shape index (κ3) is 3.47. The van der Waals surface area contributed by atoms with Gasteiger partial charge < -0.3 is 9.72 Å². The maximum atomic E-state index is 12.3. The normalized spacial score (nSPS) is 11.9. The van der Waals surface area contributed by atoms with E-state index < -0.39 is 15.1 Å². The van der Waals surface area contributed by atoms with Crippen LogP contribution in [0.15, 0.2) is 59.9 Å². The van der Waals surface area contributed by atoms with Gasteiger partial charge in [-0.05, 0) is 37.6 Å². The molecular weight excluding hydrogens is 388 g/mol. The Morgan fingerprint density at radius 1 is 1.07 bits per heavy atom. The molecule has 3 heterocycles. The standard InChI is InChI=1S/C21H20N4O3S.H2/c1-13(2)29(26,27)16-6-4-14(5-7-16)18-12-24-21-20(25-18)17(11-23-21)15-8-9-22-19(10-15)28-3;/h4-13H,1-3H3,(H,23,24);1H. The largest absolute Gasteiger partial charge is 0.481 e. The zero-order chi connectivity index (χ0) is 20.6.